The van der Waals surface area contributed by atoms with Gasteiger partial charge in [0, 0.05) is 21.9 Å². The molecule has 0 fully saturated rings. The van der Waals surface area contributed by atoms with Crippen molar-refractivity contribution in [3.05, 3.63) is 51.5 Å². The molecule has 4 heteroatoms. The maximum absolute atomic E-state index is 13.7. The number of nitrogens with zero attached hydrogens (tertiary/aromatic N) is 1. The zero-order valence-corrected chi connectivity index (χ0v) is 14.2. The molecule has 1 aliphatic carbocycles. The Labute approximate surface area is 133 Å². The van der Waals surface area contributed by atoms with Gasteiger partial charge in [0.2, 0.25) is 0 Å². The number of nitrogens with two attached hydrogens (primary N) is 1. The summed E-state index contributed by atoms with van der Waals surface area (Å²) in [6.45, 7) is 6.53. The van der Waals surface area contributed by atoms with Crippen molar-refractivity contribution in [2.24, 2.45) is 11.1 Å². The molecule has 21 heavy (non-hydrogen) atoms. The molecule has 2 N–H and O–H groups in total. The van der Waals surface area contributed by atoms with Gasteiger partial charge in [0.1, 0.15) is 5.82 Å². The zero-order valence-electron chi connectivity index (χ0n) is 12.6. The summed E-state index contributed by atoms with van der Waals surface area (Å²) >= 11 is 3.54. The Morgan fingerprint density at radius 3 is 2.76 bits per heavy atom. The molecule has 0 saturated carbocycles. The Kier molecular flexibility index (Phi) is 3.49. The van der Waals surface area contributed by atoms with Crippen molar-refractivity contribution < 1.29 is 4.39 Å². The van der Waals surface area contributed by atoms with Gasteiger partial charge in [-0.1, -0.05) is 13.8 Å². The van der Waals surface area contributed by atoms with Crippen LogP contribution in [0.5, 0.6) is 0 Å². The van der Waals surface area contributed by atoms with E-state index in [4.69, 9.17) is 5.73 Å². The number of hydrogen-bond donors (Lipinski definition) is 1. The van der Waals surface area contributed by atoms with E-state index in [1.165, 1.54) is 17.3 Å². The fourth-order valence-electron chi connectivity index (χ4n) is 3.44. The van der Waals surface area contributed by atoms with Crippen LogP contribution in [0.4, 0.5) is 4.39 Å². The zero-order chi connectivity index (χ0) is 15.4. The second-order valence-electron chi connectivity index (χ2n) is 6.77. The summed E-state index contributed by atoms with van der Waals surface area (Å²) in [5.41, 5.74) is 10.9. The van der Waals surface area contributed by atoms with Gasteiger partial charge >= 0.3 is 0 Å². The lowest BCUT2D eigenvalue weighted by atomic mass is 9.74. The molecule has 1 aromatic carbocycles. The van der Waals surface area contributed by atoms with Gasteiger partial charge in [0.15, 0.2) is 0 Å². The van der Waals surface area contributed by atoms with E-state index in [-0.39, 0.29) is 17.3 Å². The van der Waals surface area contributed by atoms with Crippen molar-refractivity contribution in [1.29, 1.82) is 0 Å². The predicted octanol–water partition coefficient (Wildman–Crippen LogP) is 4.66. The topological polar surface area (TPSA) is 30.9 Å². The lowest BCUT2D eigenvalue weighted by Gasteiger charge is -2.34. The summed E-state index contributed by atoms with van der Waals surface area (Å²) in [7, 11) is 0. The molecule has 1 heterocycles. The van der Waals surface area contributed by atoms with E-state index < -0.39 is 0 Å². The van der Waals surface area contributed by atoms with Crippen LogP contribution < -0.4 is 5.73 Å². The molecule has 1 aliphatic rings. The van der Waals surface area contributed by atoms with Crippen LogP contribution in [-0.2, 0) is 6.42 Å². The molecule has 0 amide bonds. The number of rotatable bonds is 1. The minimum atomic E-state index is -0.227. The summed E-state index contributed by atoms with van der Waals surface area (Å²) in [5, 5.41) is 0. The highest BCUT2D eigenvalue weighted by Crippen LogP contribution is 2.42. The second kappa shape index (κ2) is 4.96. The summed E-state index contributed by atoms with van der Waals surface area (Å²) in [6.07, 6.45) is 1.93. The minimum absolute atomic E-state index is 0.0519. The van der Waals surface area contributed by atoms with Gasteiger partial charge in [0.25, 0.3) is 0 Å². The number of hydrogen-bond acceptors (Lipinski definition) is 1. The third kappa shape index (κ3) is 2.55. The molecule has 3 rings (SSSR count). The first-order chi connectivity index (χ1) is 9.78. The Hall–Kier alpha value is -1.13. The third-order valence-corrected chi connectivity index (χ3v) is 4.96. The van der Waals surface area contributed by atoms with E-state index in [2.05, 4.69) is 47.3 Å². The highest BCUT2D eigenvalue weighted by Gasteiger charge is 2.33. The number of halogens is 2. The van der Waals surface area contributed by atoms with Crippen LogP contribution in [0.15, 0.2) is 28.7 Å². The van der Waals surface area contributed by atoms with Gasteiger partial charge < -0.3 is 10.3 Å². The molecular formula is C17H20BrFN2. The highest BCUT2D eigenvalue weighted by atomic mass is 79.9. The van der Waals surface area contributed by atoms with E-state index in [9.17, 15) is 4.39 Å². The molecule has 1 aromatic heterocycles. The molecular weight excluding hydrogens is 331 g/mol. The number of benzene rings is 1. The normalized spacial score (nSPS) is 20.4. The quantitative estimate of drug-likeness (QED) is 0.796. The molecule has 1 atom stereocenters. The molecule has 1 unspecified atom stereocenters. The second-order valence-corrected chi connectivity index (χ2v) is 7.62. The van der Waals surface area contributed by atoms with Gasteiger partial charge in [-0.2, -0.15) is 0 Å². The lowest BCUT2D eigenvalue weighted by Crippen LogP contribution is -2.30. The molecule has 0 bridgehead atoms. The molecule has 0 saturated heterocycles. The van der Waals surface area contributed by atoms with Crippen LogP contribution in [0, 0.1) is 18.2 Å². The van der Waals surface area contributed by atoms with Crippen molar-refractivity contribution in [2.75, 3.05) is 0 Å². The predicted molar refractivity (Wildman–Crippen MR) is 87.2 cm³/mol. The average Bonchev–Trinajstić information content (AvgIpc) is 2.68. The Morgan fingerprint density at radius 1 is 1.33 bits per heavy atom. The monoisotopic (exact) mass is 350 g/mol. The highest BCUT2D eigenvalue weighted by molar-refractivity contribution is 9.10. The van der Waals surface area contributed by atoms with Crippen LogP contribution in [0.2, 0.25) is 0 Å². The van der Waals surface area contributed by atoms with Crippen LogP contribution in [0.3, 0.4) is 0 Å². The first-order valence-electron chi connectivity index (χ1n) is 7.21. The standard InChI is InChI=1S/C17H20BrFN2/c1-10-6-12-14(20)8-17(2,3)9-16(12)21(10)15-7-11(19)4-5-13(15)18/h4-7,14H,8-9,20H2,1-3H3. The van der Waals surface area contributed by atoms with Crippen molar-refractivity contribution in [3.63, 3.8) is 0 Å². The van der Waals surface area contributed by atoms with Gasteiger partial charge in [0.05, 0.1) is 5.69 Å². The van der Waals surface area contributed by atoms with E-state index in [1.54, 1.807) is 12.1 Å². The first kappa shape index (κ1) is 14.8. The van der Waals surface area contributed by atoms with E-state index >= 15 is 0 Å². The summed E-state index contributed by atoms with van der Waals surface area (Å²) in [5.74, 6) is -0.227. The number of aromatic nitrogens is 1. The first-order valence-corrected chi connectivity index (χ1v) is 8.00. The largest absolute Gasteiger partial charge is 0.324 e. The van der Waals surface area contributed by atoms with E-state index in [0.29, 0.717) is 0 Å². The molecule has 2 nitrogen and oxygen atoms in total. The Morgan fingerprint density at radius 2 is 2.05 bits per heavy atom. The van der Waals surface area contributed by atoms with Crippen LogP contribution in [0.1, 0.15) is 43.3 Å². The maximum Gasteiger partial charge on any atom is 0.125 e. The molecule has 112 valence electrons. The van der Waals surface area contributed by atoms with Crippen molar-refractivity contribution in [1.82, 2.24) is 4.57 Å². The smallest absolute Gasteiger partial charge is 0.125 e. The molecule has 0 radical (unpaired) electrons. The average molecular weight is 351 g/mol. The van der Waals surface area contributed by atoms with Gasteiger partial charge in [-0.25, -0.2) is 4.39 Å². The minimum Gasteiger partial charge on any atom is -0.324 e. The van der Waals surface area contributed by atoms with Crippen molar-refractivity contribution in [3.8, 4) is 5.69 Å². The Balaban J connectivity index is 2.23. The number of aryl methyl sites for hydroxylation is 1. The fraction of sp³-hybridized carbons (Fsp3) is 0.412. The third-order valence-electron chi connectivity index (χ3n) is 4.29. The van der Waals surface area contributed by atoms with Crippen LogP contribution >= 0.6 is 15.9 Å². The molecule has 0 aliphatic heterocycles. The summed E-state index contributed by atoms with van der Waals surface area (Å²) in [4.78, 5) is 0. The summed E-state index contributed by atoms with van der Waals surface area (Å²) < 4.78 is 16.7. The maximum atomic E-state index is 13.7. The summed E-state index contributed by atoms with van der Waals surface area (Å²) in [6, 6.07) is 6.99. The van der Waals surface area contributed by atoms with Crippen molar-refractivity contribution >= 4 is 15.9 Å². The Bertz CT molecular complexity index is 703. The number of fused-ring (bicyclic) bond motifs is 1. The van der Waals surface area contributed by atoms with Crippen LogP contribution in [0.25, 0.3) is 5.69 Å². The molecule has 2 aromatic rings. The van der Waals surface area contributed by atoms with Gasteiger partial charge in [-0.05, 0) is 70.9 Å². The van der Waals surface area contributed by atoms with Gasteiger partial charge in [-0.3, -0.25) is 0 Å². The fourth-order valence-corrected chi connectivity index (χ4v) is 3.86. The lowest BCUT2D eigenvalue weighted by molar-refractivity contribution is 0.278. The van der Waals surface area contributed by atoms with Crippen molar-refractivity contribution in [2.45, 2.75) is 39.7 Å². The van der Waals surface area contributed by atoms with Crippen LogP contribution in [-0.4, -0.2) is 4.57 Å². The van der Waals surface area contributed by atoms with Gasteiger partial charge in [-0.15, -0.1) is 0 Å². The SMILES string of the molecule is Cc1cc2c(n1-c1cc(F)ccc1Br)CC(C)(C)CC2N. The van der Waals surface area contributed by atoms with E-state index in [1.807, 2.05) is 0 Å². The molecule has 0 spiro atoms. The van der Waals surface area contributed by atoms with E-state index in [0.717, 1.165) is 28.7 Å².